The van der Waals surface area contributed by atoms with Crippen molar-refractivity contribution in [2.45, 2.75) is 51.5 Å². The molecule has 0 spiro atoms. The minimum atomic E-state index is -0.556. The van der Waals surface area contributed by atoms with Gasteiger partial charge in [-0.25, -0.2) is 4.79 Å². The maximum atomic E-state index is 13.1. The summed E-state index contributed by atoms with van der Waals surface area (Å²) >= 11 is 9.61. The van der Waals surface area contributed by atoms with Crippen molar-refractivity contribution in [3.05, 3.63) is 63.6 Å². The van der Waals surface area contributed by atoms with Gasteiger partial charge in [0.1, 0.15) is 17.5 Å². The Labute approximate surface area is 216 Å². The van der Waals surface area contributed by atoms with E-state index in [4.69, 9.17) is 25.8 Å². The second-order valence-electron chi connectivity index (χ2n) is 9.55. The second-order valence-corrected chi connectivity index (χ2v) is 10.8. The summed E-state index contributed by atoms with van der Waals surface area (Å²) < 4.78 is 18.3. The molecular formula is C26H34BrClN2O4. The van der Waals surface area contributed by atoms with Crippen molar-refractivity contribution in [3.63, 3.8) is 0 Å². The first kappa shape index (κ1) is 26.8. The third kappa shape index (κ3) is 8.15. The number of nitrogens with zero attached hydrogens (tertiary/aromatic N) is 2. The molecule has 2 atom stereocenters. The lowest BCUT2D eigenvalue weighted by atomic mass is 10.0. The molecule has 34 heavy (non-hydrogen) atoms. The highest BCUT2D eigenvalue weighted by Gasteiger charge is 2.35. The molecule has 186 valence electrons. The highest BCUT2D eigenvalue weighted by atomic mass is 79.9. The summed E-state index contributed by atoms with van der Waals surface area (Å²) in [6.45, 7) is 8.99. The van der Waals surface area contributed by atoms with Gasteiger partial charge in [-0.15, -0.1) is 0 Å². The van der Waals surface area contributed by atoms with Crippen LogP contribution in [0.5, 0.6) is 5.75 Å². The number of hydrogen-bond acceptors (Lipinski definition) is 5. The highest BCUT2D eigenvalue weighted by molar-refractivity contribution is 9.10. The largest absolute Gasteiger partial charge is 0.487 e. The van der Waals surface area contributed by atoms with Crippen LogP contribution in [0.2, 0.25) is 5.02 Å². The van der Waals surface area contributed by atoms with Crippen LogP contribution in [0.3, 0.4) is 0 Å². The molecule has 0 aromatic heterocycles. The van der Waals surface area contributed by atoms with Crippen molar-refractivity contribution in [1.29, 1.82) is 0 Å². The molecule has 0 bridgehead atoms. The van der Waals surface area contributed by atoms with Crippen LogP contribution in [0.1, 0.15) is 32.8 Å². The zero-order chi connectivity index (χ0) is 24.7. The summed E-state index contributed by atoms with van der Waals surface area (Å²) in [4.78, 5) is 17.3. The normalized spacial score (nSPS) is 17.9. The number of carbonyl (C=O) groups excluding carboxylic acids is 1. The fourth-order valence-electron chi connectivity index (χ4n) is 4.06. The Hall–Kier alpha value is -1.80. The van der Waals surface area contributed by atoms with E-state index in [0.717, 1.165) is 24.1 Å². The van der Waals surface area contributed by atoms with E-state index in [2.05, 4.69) is 45.1 Å². The zero-order valence-electron chi connectivity index (χ0n) is 20.3. The van der Waals surface area contributed by atoms with Crippen LogP contribution < -0.4 is 4.74 Å². The van der Waals surface area contributed by atoms with Gasteiger partial charge in [-0.2, -0.15) is 0 Å². The standard InChI is InChI=1S/C26H34BrClN2O4/c1-26(2,3)34-25(31)30-13-12-29(16-19-8-6-5-7-9-19)17-21(30)15-22(18-32-4)33-24-11-10-20(28)14-23(24)27/h5-11,14,21-22H,12-13,15-18H2,1-4H3/t21-,22?/m1/s1. The third-order valence-electron chi connectivity index (χ3n) is 5.52. The average Bonchev–Trinajstić information content (AvgIpc) is 2.75. The van der Waals surface area contributed by atoms with Crippen molar-refractivity contribution in [1.82, 2.24) is 9.80 Å². The van der Waals surface area contributed by atoms with Crippen LogP contribution in [0.4, 0.5) is 4.79 Å². The van der Waals surface area contributed by atoms with E-state index in [-0.39, 0.29) is 18.2 Å². The molecule has 3 rings (SSSR count). The van der Waals surface area contributed by atoms with Gasteiger partial charge in [-0.05, 0) is 60.5 Å². The summed E-state index contributed by atoms with van der Waals surface area (Å²) in [5.41, 5.74) is 0.695. The van der Waals surface area contributed by atoms with E-state index in [1.54, 1.807) is 19.2 Å². The van der Waals surface area contributed by atoms with Crippen LogP contribution in [0.15, 0.2) is 53.0 Å². The monoisotopic (exact) mass is 552 g/mol. The molecule has 2 aromatic carbocycles. The first-order valence-corrected chi connectivity index (χ1v) is 12.7. The van der Waals surface area contributed by atoms with E-state index in [1.807, 2.05) is 37.8 Å². The molecule has 0 saturated carbocycles. The topological polar surface area (TPSA) is 51.2 Å². The van der Waals surface area contributed by atoms with Crippen molar-refractivity contribution in [2.75, 3.05) is 33.4 Å². The van der Waals surface area contributed by atoms with Crippen molar-refractivity contribution in [2.24, 2.45) is 0 Å². The second kappa shape index (κ2) is 12.2. The van der Waals surface area contributed by atoms with E-state index >= 15 is 0 Å². The van der Waals surface area contributed by atoms with Gasteiger partial charge in [0, 0.05) is 44.7 Å². The quantitative estimate of drug-likeness (QED) is 0.401. The Bertz CT molecular complexity index is 938. The number of carbonyl (C=O) groups is 1. The molecule has 1 aliphatic heterocycles. The van der Waals surface area contributed by atoms with Crippen LogP contribution in [0.25, 0.3) is 0 Å². The predicted molar refractivity (Wildman–Crippen MR) is 139 cm³/mol. The number of halogens is 2. The van der Waals surface area contributed by atoms with Crippen LogP contribution in [-0.2, 0) is 16.0 Å². The number of rotatable bonds is 8. The van der Waals surface area contributed by atoms with Gasteiger partial charge in [0.05, 0.1) is 17.1 Å². The van der Waals surface area contributed by atoms with E-state index in [0.29, 0.717) is 30.3 Å². The summed E-state index contributed by atoms with van der Waals surface area (Å²) in [6.07, 6.45) is 0.0581. The fourth-order valence-corrected chi connectivity index (χ4v) is 4.83. The lowest BCUT2D eigenvalue weighted by molar-refractivity contribution is -0.0158. The molecule has 0 N–H and O–H groups in total. The zero-order valence-corrected chi connectivity index (χ0v) is 22.6. The van der Waals surface area contributed by atoms with Crippen molar-refractivity contribution < 1.29 is 19.0 Å². The van der Waals surface area contributed by atoms with Gasteiger partial charge in [0.15, 0.2) is 0 Å². The Morgan fingerprint density at radius 2 is 1.91 bits per heavy atom. The van der Waals surface area contributed by atoms with Crippen molar-refractivity contribution >= 4 is 33.6 Å². The van der Waals surface area contributed by atoms with Gasteiger partial charge in [0.25, 0.3) is 0 Å². The van der Waals surface area contributed by atoms with Gasteiger partial charge >= 0.3 is 6.09 Å². The minimum Gasteiger partial charge on any atom is -0.487 e. The molecule has 0 aliphatic carbocycles. The first-order valence-electron chi connectivity index (χ1n) is 11.5. The number of hydrogen-bond donors (Lipinski definition) is 0. The SMILES string of the molecule is COCC(C[C@@H]1CN(Cc2ccccc2)CCN1C(=O)OC(C)(C)C)Oc1ccc(Cl)cc1Br. The molecular weight excluding hydrogens is 520 g/mol. The third-order valence-corrected chi connectivity index (χ3v) is 6.37. The summed E-state index contributed by atoms with van der Waals surface area (Å²) in [5, 5.41) is 0.627. The molecule has 0 radical (unpaired) electrons. The average molecular weight is 554 g/mol. The molecule has 1 saturated heterocycles. The number of benzene rings is 2. The van der Waals surface area contributed by atoms with Crippen LogP contribution >= 0.6 is 27.5 Å². The Morgan fingerprint density at radius 1 is 1.18 bits per heavy atom. The Balaban J connectivity index is 1.77. The fraction of sp³-hybridized carbons (Fsp3) is 0.500. The molecule has 1 amide bonds. The molecule has 6 nitrogen and oxygen atoms in total. The van der Waals surface area contributed by atoms with Gasteiger partial charge in [-0.3, -0.25) is 4.90 Å². The molecule has 1 heterocycles. The predicted octanol–water partition coefficient (Wildman–Crippen LogP) is 6.01. The van der Waals surface area contributed by atoms with Crippen LogP contribution in [0, 0.1) is 0 Å². The maximum Gasteiger partial charge on any atom is 0.410 e. The molecule has 2 aromatic rings. The van der Waals surface area contributed by atoms with Crippen LogP contribution in [-0.4, -0.2) is 67.0 Å². The maximum absolute atomic E-state index is 13.1. The summed E-state index contributed by atoms with van der Waals surface area (Å²) in [5.74, 6) is 0.687. The molecule has 1 aliphatic rings. The highest BCUT2D eigenvalue weighted by Crippen LogP contribution is 2.30. The summed E-state index contributed by atoms with van der Waals surface area (Å²) in [7, 11) is 1.65. The lowest BCUT2D eigenvalue weighted by Gasteiger charge is -2.42. The lowest BCUT2D eigenvalue weighted by Crippen LogP contribution is -2.57. The molecule has 1 fully saturated rings. The van der Waals surface area contributed by atoms with E-state index in [9.17, 15) is 4.79 Å². The Morgan fingerprint density at radius 3 is 2.56 bits per heavy atom. The van der Waals surface area contributed by atoms with Gasteiger partial charge in [-0.1, -0.05) is 41.9 Å². The van der Waals surface area contributed by atoms with Gasteiger partial charge < -0.3 is 19.1 Å². The minimum absolute atomic E-state index is 0.0847. The van der Waals surface area contributed by atoms with E-state index in [1.165, 1.54) is 5.56 Å². The van der Waals surface area contributed by atoms with Gasteiger partial charge in [0.2, 0.25) is 0 Å². The summed E-state index contributed by atoms with van der Waals surface area (Å²) in [6, 6.07) is 15.7. The number of amides is 1. The van der Waals surface area contributed by atoms with E-state index < -0.39 is 5.60 Å². The first-order chi connectivity index (χ1) is 16.1. The Kier molecular flexibility index (Phi) is 9.65. The smallest absolute Gasteiger partial charge is 0.410 e. The molecule has 1 unspecified atom stereocenters. The van der Waals surface area contributed by atoms with Crippen molar-refractivity contribution in [3.8, 4) is 5.75 Å². The number of methoxy groups -OCH3 is 1. The number of ether oxygens (including phenoxy) is 3. The number of piperazine rings is 1. The molecule has 8 heteroatoms.